The largest absolute Gasteiger partial charge is 0.481 e. The smallest absolute Gasteiger partial charge is 0.307 e. The van der Waals surface area contributed by atoms with Crippen LogP contribution >= 0.6 is 11.8 Å². The summed E-state index contributed by atoms with van der Waals surface area (Å²) in [7, 11) is 0. The standard InChI is InChI=1S/C15H22O3S/c1-2-4-11-6-7-13(15(16)17)14(9-11)19-10-12-5-3-8-18-12/h3,5,8,11,13-14H,2,4,6-7,9-10H2,1H3,(H,16,17). The first-order valence-corrected chi connectivity index (χ1v) is 8.12. The van der Waals surface area contributed by atoms with Crippen LogP contribution in [0.3, 0.4) is 0 Å². The zero-order valence-electron chi connectivity index (χ0n) is 11.4. The monoisotopic (exact) mass is 282 g/mol. The maximum Gasteiger partial charge on any atom is 0.307 e. The van der Waals surface area contributed by atoms with Crippen LogP contribution in [0.1, 0.15) is 44.8 Å². The molecule has 4 heteroatoms. The van der Waals surface area contributed by atoms with Crippen LogP contribution in [-0.2, 0) is 10.5 Å². The van der Waals surface area contributed by atoms with Crippen molar-refractivity contribution >= 4 is 17.7 Å². The van der Waals surface area contributed by atoms with E-state index in [4.69, 9.17) is 4.42 Å². The maximum atomic E-state index is 11.4. The average Bonchev–Trinajstić information content (AvgIpc) is 2.89. The summed E-state index contributed by atoms with van der Waals surface area (Å²) in [6.45, 7) is 2.20. The summed E-state index contributed by atoms with van der Waals surface area (Å²) in [5.74, 6) is 1.60. The van der Waals surface area contributed by atoms with Crippen molar-refractivity contribution in [1.29, 1.82) is 0 Å². The third-order valence-corrected chi connectivity index (χ3v) is 5.33. The van der Waals surface area contributed by atoms with Crippen LogP contribution in [0.15, 0.2) is 22.8 Å². The Hall–Kier alpha value is -0.900. The van der Waals surface area contributed by atoms with Gasteiger partial charge in [0, 0.05) is 5.25 Å². The fourth-order valence-corrected chi connectivity index (χ4v) is 4.37. The molecule has 1 aromatic rings. The van der Waals surface area contributed by atoms with Gasteiger partial charge < -0.3 is 9.52 Å². The normalized spacial score (nSPS) is 27.3. The number of rotatable bonds is 6. The first kappa shape index (κ1) is 14.5. The van der Waals surface area contributed by atoms with Crippen molar-refractivity contribution in [2.24, 2.45) is 11.8 Å². The Kier molecular flexibility index (Phi) is 5.37. The lowest BCUT2D eigenvalue weighted by Gasteiger charge is -2.33. The second kappa shape index (κ2) is 7.04. The third kappa shape index (κ3) is 4.03. The minimum absolute atomic E-state index is 0.187. The van der Waals surface area contributed by atoms with Crippen molar-refractivity contribution in [1.82, 2.24) is 0 Å². The molecule has 106 valence electrons. The molecule has 1 aliphatic carbocycles. The molecule has 0 spiro atoms. The summed E-state index contributed by atoms with van der Waals surface area (Å²) in [5.41, 5.74) is 0. The van der Waals surface area contributed by atoms with E-state index < -0.39 is 5.97 Å². The van der Waals surface area contributed by atoms with Gasteiger partial charge in [-0.1, -0.05) is 19.8 Å². The molecule has 0 aliphatic heterocycles. The summed E-state index contributed by atoms with van der Waals surface area (Å²) in [6, 6.07) is 3.83. The van der Waals surface area contributed by atoms with Gasteiger partial charge in [0.15, 0.2) is 0 Å². The summed E-state index contributed by atoms with van der Waals surface area (Å²) in [4.78, 5) is 11.4. The first-order valence-electron chi connectivity index (χ1n) is 7.07. The molecule has 0 saturated heterocycles. The van der Waals surface area contributed by atoms with E-state index in [0.29, 0.717) is 5.92 Å². The van der Waals surface area contributed by atoms with Gasteiger partial charge in [0.1, 0.15) is 5.76 Å². The lowest BCUT2D eigenvalue weighted by molar-refractivity contribution is -0.142. The Labute approximate surface area is 118 Å². The topological polar surface area (TPSA) is 50.4 Å². The maximum absolute atomic E-state index is 11.4. The molecule has 1 saturated carbocycles. The molecule has 0 amide bonds. The minimum atomic E-state index is -0.633. The Balaban J connectivity index is 1.93. The highest BCUT2D eigenvalue weighted by Gasteiger charge is 2.34. The number of thioether (sulfide) groups is 1. The molecule has 1 aliphatic rings. The van der Waals surface area contributed by atoms with E-state index in [9.17, 15) is 9.90 Å². The molecule has 3 atom stereocenters. The molecule has 1 fully saturated rings. The second-order valence-corrected chi connectivity index (χ2v) is 6.57. The second-order valence-electron chi connectivity index (χ2n) is 5.34. The van der Waals surface area contributed by atoms with Crippen LogP contribution in [0.2, 0.25) is 0 Å². The summed E-state index contributed by atoms with van der Waals surface area (Å²) >= 11 is 1.75. The zero-order valence-corrected chi connectivity index (χ0v) is 12.2. The summed E-state index contributed by atoms with van der Waals surface area (Å²) in [6.07, 6.45) is 7.03. The van der Waals surface area contributed by atoms with E-state index in [0.717, 1.165) is 30.8 Å². The molecule has 0 bridgehead atoms. The molecular formula is C15H22O3S. The van der Waals surface area contributed by atoms with Crippen molar-refractivity contribution in [3.05, 3.63) is 24.2 Å². The van der Waals surface area contributed by atoms with Crippen molar-refractivity contribution in [2.45, 2.75) is 50.0 Å². The number of aliphatic carboxylic acids is 1. The quantitative estimate of drug-likeness (QED) is 0.850. The van der Waals surface area contributed by atoms with Gasteiger partial charge in [-0.05, 0) is 37.3 Å². The molecular weight excluding hydrogens is 260 g/mol. The van der Waals surface area contributed by atoms with Crippen LogP contribution in [-0.4, -0.2) is 16.3 Å². The van der Waals surface area contributed by atoms with Crippen molar-refractivity contribution < 1.29 is 14.3 Å². The molecule has 0 aromatic carbocycles. The predicted octanol–water partition coefficient (Wildman–Crippen LogP) is 4.18. The molecule has 2 rings (SSSR count). The van der Waals surface area contributed by atoms with Gasteiger partial charge in [0.25, 0.3) is 0 Å². The highest BCUT2D eigenvalue weighted by atomic mass is 32.2. The summed E-state index contributed by atoms with van der Waals surface area (Å²) in [5, 5.41) is 9.57. The van der Waals surface area contributed by atoms with Crippen LogP contribution in [0.25, 0.3) is 0 Å². The molecule has 3 unspecified atom stereocenters. The number of carbonyl (C=O) groups is 1. The first-order chi connectivity index (χ1) is 9.20. The average molecular weight is 282 g/mol. The zero-order chi connectivity index (χ0) is 13.7. The van der Waals surface area contributed by atoms with Gasteiger partial charge in [-0.3, -0.25) is 4.79 Å². The lowest BCUT2D eigenvalue weighted by atomic mass is 9.80. The molecule has 1 N–H and O–H groups in total. The number of hydrogen-bond acceptors (Lipinski definition) is 3. The van der Waals surface area contributed by atoms with Crippen molar-refractivity contribution in [3.8, 4) is 0 Å². The van der Waals surface area contributed by atoms with Crippen molar-refractivity contribution in [3.63, 3.8) is 0 Å². The molecule has 0 radical (unpaired) electrons. The Bertz CT molecular complexity index is 388. The van der Waals surface area contributed by atoms with Gasteiger partial charge in [-0.25, -0.2) is 0 Å². The van der Waals surface area contributed by atoms with Gasteiger partial charge in [-0.15, -0.1) is 11.8 Å². The SMILES string of the molecule is CCCC1CCC(C(=O)O)C(SCc2ccco2)C1. The van der Waals surface area contributed by atoms with E-state index in [1.165, 1.54) is 12.8 Å². The third-order valence-electron chi connectivity index (χ3n) is 3.93. The van der Waals surface area contributed by atoms with E-state index in [2.05, 4.69) is 6.92 Å². The van der Waals surface area contributed by atoms with Gasteiger partial charge in [0.05, 0.1) is 17.9 Å². The van der Waals surface area contributed by atoms with E-state index >= 15 is 0 Å². The van der Waals surface area contributed by atoms with E-state index in [1.54, 1.807) is 18.0 Å². The number of carboxylic acid groups (broad SMARTS) is 1. The number of furan rings is 1. The Morgan fingerprint density at radius 1 is 1.53 bits per heavy atom. The Morgan fingerprint density at radius 2 is 2.37 bits per heavy atom. The Morgan fingerprint density at radius 3 is 3.00 bits per heavy atom. The van der Waals surface area contributed by atoms with Gasteiger partial charge in [-0.2, -0.15) is 0 Å². The van der Waals surface area contributed by atoms with E-state index in [1.807, 2.05) is 12.1 Å². The van der Waals surface area contributed by atoms with Crippen molar-refractivity contribution in [2.75, 3.05) is 0 Å². The van der Waals surface area contributed by atoms with Crippen LogP contribution in [0.5, 0.6) is 0 Å². The van der Waals surface area contributed by atoms with Crippen LogP contribution < -0.4 is 0 Å². The van der Waals surface area contributed by atoms with Gasteiger partial charge in [0.2, 0.25) is 0 Å². The predicted molar refractivity (Wildman–Crippen MR) is 77.2 cm³/mol. The summed E-state index contributed by atoms with van der Waals surface area (Å²) < 4.78 is 5.33. The van der Waals surface area contributed by atoms with Gasteiger partial charge >= 0.3 is 5.97 Å². The van der Waals surface area contributed by atoms with Crippen LogP contribution in [0, 0.1) is 11.8 Å². The lowest BCUT2D eigenvalue weighted by Crippen LogP contribution is -2.32. The molecule has 1 aromatic heterocycles. The fourth-order valence-electron chi connectivity index (χ4n) is 2.93. The highest BCUT2D eigenvalue weighted by Crippen LogP contribution is 2.39. The number of carboxylic acids is 1. The molecule has 3 nitrogen and oxygen atoms in total. The molecule has 19 heavy (non-hydrogen) atoms. The van der Waals surface area contributed by atoms with Crippen LogP contribution in [0.4, 0.5) is 0 Å². The minimum Gasteiger partial charge on any atom is -0.481 e. The fraction of sp³-hybridized carbons (Fsp3) is 0.667. The number of hydrogen-bond donors (Lipinski definition) is 1. The molecule has 1 heterocycles. The van der Waals surface area contributed by atoms with E-state index in [-0.39, 0.29) is 11.2 Å². The highest BCUT2D eigenvalue weighted by molar-refractivity contribution is 7.99.